The summed E-state index contributed by atoms with van der Waals surface area (Å²) in [7, 11) is 0. The fourth-order valence-electron chi connectivity index (χ4n) is 1.65. The molecule has 3 N–H and O–H groups in total. The van der Waals surface area contributed by atoms with Gasteiger partial charge < -0.3 is 11.1 Å². The molecule has 1 amide bonds. The lowest BCUT2D eigenvalue weighted by Crippen LogP contribution is -2.14. The first-order valence-electron chi connectivity index (χ1n) is 5.70. The first-order chi connectivity index (χ1) is 9.38. The summed E-state index contributed by atoms with van der Waals surface area (Å²) in [5.74, 6) is -2.35. The summed E-state index contributed by atoms with van der Waals surface area (Å²) in [6.07, 6.45) is 0. The molecule has 0 aliphatic rings. The minimum atomic E-state index is -0.933. The Balaban J connectivity index is 2.31. The van der Waals surface area contributed by atoms with Gasteiger partial charge in [-0.3, -0.25) is 4.79 Å². The minimum Gasteiger partial charge on any atom is -0.399 e. The van der Waals surface area contributed by atoms with Crippen molar-refractivity contribution in [2.45, 2.75) is 6.92 Å². The molecule has 0 bridgehead atoms. The van der Waals surface area contributed by atoms with Gasteiger partial charge in [-0.05, 0) is 36.8 Å². The van der Waals surface area contributed by atoms with Gasteiger partial charge in [-0.25, -0.2) is 8.78 Å². The van der Waals surface area contributed by atoms with E-state index >= 15 is 0 Å². The molecule has 2 aromatic rings. The molecule has 0 fully saturated rings. The standard InChI is InChI=1S/C14H11ClF2N2O/c1-7-4-9(12(17)6-11(7)16)14(20)19-13-3-2-8(18)5-10(13)15/h2-6H,18H2,1H3,(H,19,20). The number of amides is 1. The van der Waals surface area contributed by atoms with Gasteiger partial charge in [-0.2, -0.15) is 0 Å². The SMILES string of the molecule is Cc1cc(C(=O)Nc2ccc(N)cc2Cl)c(F)cc1F. The van der Waals surface area contributed by atoms with Crippen LogP contribution in [0.2, 0.25) is 5.02 Å². The van der Waals surface area contributed by atoms with Crippen molar-refractivity contribution in [1.29, 1.82) is 0 Å². The average molecular weight is 297 g/mol. The molecule has 0 saturated carbocycles. The molecule has 2 aromatic carbocycles. The summed E-state index contributed by atoms with van der Waals surface area (Å²) in [5, 5.41) is 2.69. The number of rotatable bonds is 2. The van der Waals surface area contributed by atoms with Crippen LogP contribution in [0.4, 0.5) is 20.2 Å². The maximum Gasteiger partial charge on any atom is 0.258 e. The van der Waals surface area contributed by atoms with Crippen molar-refractivity contribution in [1.82, 2.24) is 0 Å². The van der Waals surface area contributed by atoms with E-state index in [1.165, 1.54) is 19.1 Å². The number of nitrogens with two attached hydrogens (primary N) is 1. The number of hydrogen-bond acceptors (Lipinski definition) is 2. The summed E-state index contributed by atoms with van der Waals surface area (Å²) in [6, 6.07) is 6.33. The third-order valence-electron chi connectivity index (χ3n) is 2.73. The predicted molar refractivity (Wildman–Crippen MR) is 74.9 cm³/mol. The Morgan fingerprint density at radius 3 is 2.55 bits per heavy atom. The van der Waals surface area contributed by atoms with Gasteiger partial charge >= 0.3 is 0 Å². The van der Waals surface area contributed by atoms with Crippen LogP contribution < -0.4 is 11.1 Å². The van der Waals surface area contributed by atoms with E-state index in [1.807, 2.05) is 0 Å². The van der Waals surface area contributed by atoms with E-state index in [0.717, 1.165) is 6.07 Å². The van der Waals surface area contributed by atoms with Gasteiger partial charge in [-0.1, -0.05) is 11.6 Å². The van der Waals surface area contributed by atoms with Crippen LogP contribution in [-0.4, -0.2) is 5.91 Å². The molecule has 3 nitrogen and oxygen atoms in total. The van der Waals surface area contributed by atoms with E-state index in [9.17, 15) is 13.6 Å². The second-order valence-corrected chi connectivity index (χ2v) is 4.68. The molecule has 0 heterocycles. The highest BCUT2D eigenvalue weighted by atomic mass is 35.5. The molecule has 0 radical (unpaired) electrons. The van der Waals surface area contributed by atoms with Gasteiger partial charge in [0.1, 0.15) is 11.6 Å². The molecule has 0 spiro atoms. The number of carbonyl (C=O) groups excluding carboxylic acids is 1. The third kappa shape index (κ3) is 2.88. The molecular formula is C14H11ClF2N2O. The summed E-state index contributed by atoms with van der Waals surface area (Å²) in [6.45, 7) is 1.45. The number of carbonyl (C=O) groups is 1. The summed E-state index contributed by atoms with van der Waals surface area (Å²) in [5.41, 5.74) is 6.20. The summed E-state index contributed by atoms with van der Waals surface area (Å²) in [4.78, 5) is 12.0. The number of benzene rings is 2. The second kappa shape index (κ2) is 5.46. The van der Waals surface area contributed by atoms with Crippen molar-refractivity contribution in [3.05, 3.63) is 58.1 Å². The van der Waals surface area contributed by atoms with Crippen LogP contribution >= 0.6 is 11.6 Å². The molecule has 6 heteroatoms. The molecule has 0 aromatic heterocycles. The van der Waals surface area contributed by atoms with Crippen LogP contribution in [0.5, 0.6) is 0 Å². The average Bonchev–Trinajstić information content (AvgIpc) is 2.37. The number of halogens is 3. The molecule has 0 aliphatic carbocycles. The van der Waals surface area contributed by atoms with Gasteiger partial charge in [0, 0.05) is 11.8 Å². The van der Waals surface area contributed by atoms with E-state index in [-0.39, 0.29) is 16.1 Å². The highest BCUT2D eigenvalue weighted by Gasteiger charge is 2.15. The zero-order chi connectivity index (χ0) is 14.9. The van der Waals surface area contributed by atoms with Crippen LogP contribution in [0, 0.1) is 18.6 Å². The number of hydrogen-bond donors (Lipinski definition) is 2. The van der Waals surface area contributed by atoms with Gasteiger partial charge in [0.15, 0.2) is 0 Å². The van der Waals surface area contributed by atoms with Crippen molar-refractivity contribution in [2.75, 3.05) is 11.1 Å². The minimum absolute atomic E-state index is 0.181. The van der Waals surface area contributed by atoms with Crippen molar-refractivity contribution in [2.24, 2.45) is 0 Å². The topological polar surface area (TPSA) is 55.1 Å². The van der Waals surface area contributed by atoms with Crippen LogP contribution in [0.15, 0.2) is 30.3 Å². The molecular weight excluding hydrogens is 286 g/mol. The maximum atomic E-state index is 13.6. The number of nitrogens with one attached hydrogen (secondary N) is 1. The molecule has 0 saturated heterocycles. The number of nitrogen functional groups attached to an aromatic ring is 1. The van der Waals surface area contributed by atoms with E-state index < -0.39 is 17.5 Å². The van der Waals surface area contributed by atoms with Gasteiger partial charge in [0.25, 0.3) is 5.91 Å². The van der Waals surface area contributed by atoms with Crippen molar-refractivity contribution in [3.8, 4) is 0 Å². The zero-order valence-electron chi connectivity index (χ0n) is 10.5. The fourth-order valence-corrected chi connectivity index (χ4v) is 1.89. The van der Waals surface area contributed by atoms with Crippen molar-refractivity contribution >= 4 is 28.9 Å². The molecule has 2 rings (SSSR count). The van der Waals surface area contributed by atoms with Gasteiger partial charge in [0.2, 0.25) is 0 Å². The summed E-state index contributed by atoms with van der Waals surface area (Å²) < 4.78 is 26.7. The quantitative estimate of drug-likeness (QED) is 0.829. The zero-order valence-corrected chi connectivity index (χ0v) is 11.3. The van der Waals surface area contributed by atoms with Crippen molar-refractivity contribution in [3.63, 3.8) is 0 Å². The van der Waals surface area contributed by atoms with Crippen LogP contribution in [0.3, 0.4) is 0 Å². The number of aryl methyl sites for hydroxylation is 1. The third-order valence-corrected chi connectivity index (χ3v) is 3.05. The van der Waals surface area contributed by atoms with Crippen LogP contribution in [0.1, 0.15) is 15.9 Å². The van der Waals surface area contributed by atoms with Crippen LogP contribution in [0.25, 0.3) is 0 Å². The lowest BCUT2D eigenvalue weighted by atomic mass is 10.1. The molecule has 0 aliphatic heterocycles. The normalized spacial score (nSPS) is 10.4. The fraction of sp³-hybridized carbons (Fsp3) is 0.0714. The van der Waals surface area contributed by atoms with E-state index in [1.54, 1.807) is 6.07 Å². The second-order valence-electron chi connectivity index (χ2n) is 4.27. The lowest BCUT2D eigenvalue weighted by Gasteiger charge is -2.09. The maximum absolute atomic E-state index is 13.6. The Morgan fingerprint density at radius 2 is 1.90 bits per heavy atom. The molecule has 0 atom stereocenters. The highest BCUT2D eigenvalue weighted by molar-refractivity contribution is 6.34. The Bertz CT molecular complexity index is 689. The molecule has 0 unspecified atom stereocenters. The Hall–Kier alpha value is -2.14. The highest BCUT2D eigenvalue weighted by Crippen LogP contribution is 2.25. The van der Waals surface area contributed by atoms with Crippen LogP contribution in [-0.2, 0) is 0 Å². The number of anilines is 2. The van der Waals surface area contributed by atoms with E-state index in [0.29, 0.717) is 17.4 Å². The Morgan fingerprint density at radius 1 is 1.20 bits per heavy atom. The van der Waals surface area contributed by atoms with Crippen molar-refractivity contribution < 1.29 is 13.6 Å². The van der Waals surface area contributed by atoms with E-state index in [4.69, 9.17) is 17.3 Å². The Kier molecular flexibility index (Phi) is 3.90. The monoisotopic (exact) mass is 296 g/mol. The largest absolute Gasteiger partial charge is 0.399 e. The first-order valence-corrected chi connectivity index (χ1v) is 6.08. The molecule has 20 heavy (non-hydrogen) atoms. The first kappa shape index (κ1) is 14.3. The van der Waals surface area contributed by atoms with E-state index in [2.05, 4.69) is 5.32 Å². The Labute approximate surface area is 119 Å². The van der Waals surface area contributed by atoms with Gasteiger partial charge in [0.05, 0.1) is 16.3 Å². The lowest BCUT2D eigenvalue weighted by molar-refractivity contribution is 0.102. The van der Waals surface area contributed by atoms with Gasteiger partial charge in [-0.15, -0.1) is 0 Å². The summed E-state index contributed by atoms with van der Waals surface area (Å²) >= 11 is 5.91. The predicted octanol–water partition coefficient (Wildman–Crippen LogP) is 3.76. The molecule has 104 valence electrons. The smallest absolute Gasteiger partial charge is 0.258 e.